The SMILES string of the molecule is C[C@H](SCc1cccc(Cl)c1)C(=O)Nc1ccccc1Cl. The molecule has 1 N–H and O–H groups in total. The van der Waals surface area contributed by atoms with Crippen molar-refractivity contribution in [1.29, 1.82) is 0 Å². The average Bonchev–Trinajstić information content (AvgIpc) is 2.47. The molecule has 0 heterocycles. The van der Waals surface area contributed by atoms with Crippen molar-refractivity contribution in [2.24, 2.45) is 0 Å². The molecule has 0 fully saturated rings. The lowest BCUT2D eigenvalue weighted by Crippen LogP contribution is -2.22. The zero-order valence-corrected chi connectivity index (χ0v) is 13.8. The van der Waals surface area contributed by atoms with E-state index in [4.69, 9.17) is 23.2 Å². The molecular formula is C16H15Cl2NOS. The molecule has 5 heteroatoms. The molecule has 0 spiro atoms. The third-order valence-corrected chi connectivity index (χ3v) is 4.67. The zero-order chi connectivity index (χ0) is 15.2. The van der Waals surface area contributed by atoms with Crippen LogP contribution in [0.4, 0.5) is 5.69 Å². The van der Waals surface area contributed by atoms with E-state index in [0.29, 0.717) is 15.7 Å². The molecule has 0 aromatic heterocycles. The fourth-order valence-corrected chi connectivity index (χ4v) is 2.95. The van der Waals surface area contributed by atoms with E-state index in [0.717, 1.165) is 11.3 Å². The number of benzene rings is 2. The summed E-state index contributed by atoms with van der Waals surface area (Å²) in [7, 11) is 0. The molecule has 21 heavy (non-hydrogen) atoms. The Bertz CT molecular complexity index is 633. The van der Waals surface area contributed by atoms with Gasteiger partial charge < -0.3 is 5.32 Å². The first-order valence-corrected chi connectivity index (χ1v) is 8.28. The van der Waals surface area contributed by atoms with Crippen molar-refractivity contribution in [3.63, 3.8) is 0 Å². The first-order valence-electron chi connectivity index (χ1n) is 6.47. The first-order chi connectivity index (χ1) is 10.1. The van der Waals surface area contributed by atoms with Crippen LogP contribution < -0.4 is 5.32 Å². The predicted molar refractivity (Wildman–Crippen MR) is 92.3 cm³/mol. The van der Waals surface area contributed by atoms with Gasteiger partial charge in [-0.15, -0.1) is 11.8 Å². The number of carbonyl (C=O) groups is 1. The standard InChI is InChI=1S/C16H15Cl2NOS/c1-11(21-10-12-5-4-6-13(17)9-12)16(20)19-15-8-3-2-7-14(15)18/h2-9,11H,10H2,1H3,(H,19,20)/t11-/m0/s1. The van der Waals surface area contributed by atoms with Crippen LogP contribution in [-0.2, 0) is 10.5 Å². The molecule has 2 aromatic carbocycles. The van der Waals surface area contributed by atoms with Crippen LogP contribution >= 0.6 is 35.0 Å². The van der Waals surface area contributed by atoms with Crippen molar-refractivity contribution >= 4 is 46.6 Å². The van der Waals surface area contributed by atoms with Crippen LogP contribution in [0.2, 0.25) is 10.0 Å². The number of halogens is 2. The number of thioether (sulfide) groups is 1. The fraction of sp³-hybridized carbons (Fsp3) is 0.188. The molecule has 110 valence electrons. The summed E-state index contributed by atoms with van der Waals surface area (Å²) in [5.74, 6) is 0.674. The normalized spacial score (nSPS) is 12.0. The molecule has 0 saturated carbocycles. The van der Waals surface area contributed by atoms with Crippen molar-refractivity contribution in [3.8, 4) is 0 Å². The molecule has 0 aliphatic heterocycles. The summed E-state index contributed by atoms with van der Waals surface area (Å²) in [5, 5.41) is 3.91. The Hall–Kier alpha value is -1.16. The summed E-state index contributed by atoms with van der Waals surface area (Å²) in [5.41, 5.74) is 1.74. The summed E-state index contributed by atoms with van der Waals surface area (Å²) in [6.45, 7) is 1.88. The Balaban J connectivity index is 1.90. The van der Waals surface area contributed by atoms with E-state index in [1.807, 2.05) is 43.3 Å². The second kappa shape index (κ2) is 7.74. The Morgan fingerprint density at radius 1 is 1.19 bits per heavy atom. The van der Waals surface area contributed by atoms with Gasteiger partial charge in [-0.25, -0.2) is 0 Å². The maximum absolute atomic E-state index is 12.1. The maximum Gasteiger partial charge on any atom is 0.237 e. The number of carbonyl (C=O) groups excluding carboxylic acids is 1. The number of amides is 1. The highest BCUT2D eigenvalue weighted by Crippen LogP contribution is 2.24. The van der Waals surface area contributed by atoms with Crippen LogP contribution in [0.1, 0.15) is 12.5 Å². The highest BCUT2D eigenvalue weighted by atomic mass is 35.5. The molecule has 2 nitrogen and oxygen atoms in total. The second-order valence-corrected chi connectivity index (χ2v) is 6.73. The molecule has 0 unspecified atom stereocenters. The van der Waals surface area contributed by atoms with Crippen LogP contribution in [-0.4, -0.2) is 11.2 Å². The zero-order valence-electron chi connectivity index (χ0n) is 11.5. The molecular weight excluding hydrogens is 325 g/mol. The van der Waals surface area contributed by atoms with Gasteiger partial charge in [-0.3, -0.25) is 4.79 Å². The van der Waals surface area contributed by atoms with E-state index in [1.54, 1.807) is 23.9 Å². The van der Waals surface area contributed by atoms with Gasteiger partial charge in [0.1, 0.15) is 0 Å². The van der Waals surface area contributed by atoms with Gasteiger partial charge >= 0.3 is 0 Å². The van der Waals surface area contributed by atoms with Crippen LogP contribution in [0.25, 0.3) is 0 Å². The highest BCUT2D eigenvalue weighted by Gasteiger charge is 2.14. The van der Waals surface area contributed by atoms with E-state index in [-0.39, 0.29) is 11.2 Å². The van der Waals surface area contributed by atoms with Crippen LogP contribution in [0, 0.1) is 0 Å². The lowest BCUT2D eigenvalue weighted by molar-refractivity contribution is -0.115. The topological polar surface area (TPSA) is 29.1 Å². The Labute approximate surface area is 138 Å². The predicted octanol–water partition coefficient (Wildman–Crippen LogP) is 5.25. The first kappa shape index (κ1) is 16.2. The lowest BCUT2D eigenvalue weighted by atomic mass is 10.2. The third kappa shape index (κ3) is 4.95. The number of anilines is 1. The Morgan fingerprint density at radius 2 is 1.95 bits per heavy atom. The second-order valence-electron chi connectivity index (χ2n) is 4.55. The van der Waals surface area contributed by atoms with Gasteiger partial charge in [0.2, 0.25) is 5.91 Å². The number of para-hydroxylation sites is 1. The number of nitrogens with one attached hydrogen (secondary N) is 1. The monoisotopic (exact) mass is 339 g/mol. The van der Waals surface area contributed by atoms with Crippen molar-refractivity contribution in [3.05, 3.63) is 64.1 Å². The summed E-state index contributed by atoms with van der Waals surface area (Å²) in [6, 6.07) is 14.9. The summed E-state index contributed by atoms with van der Waals surface area (Å²) in [4.78, 5) is 12.1. The molecule has 0 aliphatic carbocycles. The van der Waals surface area contributed by atoms with Crippen molar-refractivity contribution < 1.29 is 4.79 Å². The molecule has 2 rings (SSSR count). The average molecular weight is 340 g/mol. The highest BCUT2D eigenvalue weighted by molar-refractivity contribution is 7.99. The molecule has 0 saturated heterocycles. The minimum Gasteiger partial charge on any atom is -0.324 e. The molecule has 0 aliphatic rings. The maximum atomic E-state index is 12.1. The number of rotatable bonds is 5. The number of hydrogen-bond donors (Lipinski definition) is 1. The third-order valence-electron chi connectivity index (χ3n) is 2.89. The molecule has 0 bridgehead atoms. The van der Waals surface area contributed by atoms with Gasteiger partial charge in [-0.2, -0.15) is 0 Å². The Morgan fingerprint density at radius 3 is 2.67 bits per heavy atom. The fourth-order valence-electron chi connectivity index (χ4n) is 1.72. The van der Waals surface area contributed by atoms with Gasteiger partial charge in [-0.05, 0) is 36.8 Å². The summed E-state index contributed by atoms with van der Waals surface area (Å²) < 4.78 is 0. The minimum atomic E-state index is -0.180. The quantitative estimate of drug-likeness (QED) is 0.805. The lowest BCUT2D eigenvalue weighted by Gasteiger charge is -2.13. The molecule has 2 aromatic rings. The van der Waals surface area contributed by atoms with E-state index in [2.05, 4.69) is 5.32 Å². The van der Waals surface area contributed by atoms with Gasteiger partial charge in [0, 0.05) is 10.8 Å². The Kier molecular flexibility index (Phi) is 5.97. The van der Waals surface area contributed by atoms with Crippen molar-refractivity contribution in [2.75, 3.05) is 5.32 Å². The minimum absolute atomic E-state index is 0.0601. The van der Waals surface area contributed by atoms with E-state index in [1.165, 1.54) is 0 Å². The molecule has 0 radical (unpaired) electrons. The van der Waals surface area contributed by atoms with E-state index in [9.17, 15) is 4.79 Å². The van der Waals surface area contributed by atoms with E-state index < -0.39 is 0 Å². The summed E-state index contributed by atoms with van der Waals surface area (Å²) >= 11 is 13.5. The summed E-state index contributed by atoms with van der Waals surface area (Å²) in [6.07, 6.45) is 0. The van der Waals surface area contributed by atoms with E-state index >= 15 is 0 Å². The van der Waals surface area contributed by atoms with Gasteiger partial charge in [0.15, 0.2) is 0 Å². The van der Waals surface area contributed by atoms with Crippen LogP contribution in [0.15, 0.2) is 48.5 Å². The van der Waals surface area contributed by atoms with Gasteiger partial charge in [0.25, 0.3) is 0 Å². The van der Waals surface area contributed by atoms with Crippen molar-refractivity contribution in [1.82, 2.24) is 0 Å². The van der Waals surface area contributed by atoms with Gasteiger partial charge in [0.05, 0.1) is 16.0 Å². The van der Waals surface area contributed by atoms with Crippen molar-refractivity contribution in [2.45, 2.75) is 17.9 Å². The van der Waals surface area contributed by atoms with Crippen LogP contribution in [0.5, 0.6) is 0 Å². The largest absolute Gasteiger partial charge is 0.324 e. The van der Waals surface area contributed by atoms with Gasteiger partial charge in [-0.1, -0.05) is 47.5 Å². The smallest absolute Gasteiger partial charge is 0.237 e. The van der Waals surface area contributed by atoms with Crippen LogP contribution in [0.3, 0.4) is 0 Å². The molecule has 1 amide bonds. The number of hydrogen-bond acceptors (Lipinski definition) is 2. The molecule has 1 atom stereocenters.